The first-order valence-electron chi connectivity index (χ1n) is 7.90. The summed E-state index contributed by atoms with van der Waals surface area (Å²) in [7, 11) is 2.12. The molecular formula is C18H22N2. The monoisotopic (exact) mass is 266 g/mol. The van der Waals surface area contributed by atoms with E-state index in [1.165, 1.54) is 42.0 Å². The van der Waals surface area contributed by atoms with Gasteiger partial charge in [0.05, 0.1) is 0 Å². The van der Waals surface area contributed by atoms with E-state index < -0.39 is 0 Å². The maximum absolute atomic E-state index is 4.25. The topological polar surface area (TPSA) is 24.9 Å². The Morgan fingerprint density at radius 1 is 1.15 bits per heavy atom. The molecule has 20 heavy (non-hydrogen) atoms. The van der Waals surface area contributed by atoms with Crippen LogP contribution in [0.3, 0.4) is 0 Å². The Bertz CT molecular complexity index is 604. The Morgan fingerprint density at radius 2 is 1.95 bits per heavy atom. The highest BCUT2D eigenvalue weighted by atomic mass is 14.9. The highest BCUT2D eigenvalue weighted by Crippen LogP contribution is 2.60. The van der Waals surface area contributed by atoms with Gasteiger partial charge in [-0.05, 0) is 54.7 Å². The van der Waals surface area contributed by atoms with Gasteiger partial charge in [-0.2, -0.15) is 0 Å². The third kappa shape index (κ3) is 1.86. The van der Waals surface area contributed by atoms with Crippen molar-refractivity contribution in [2.24, 2.45) is 17.8 Å². The molecule has 0 aliphatic heterocycles. The first kappa shape index (κ1) is 12.3. The fraction of sp³-hybridized carbons (Fsp3) is 0.500. The summed E-state index contributed by atoms with van der Waals surface area (Å²) in [6, 6.07) is 9.32. The van der Waals surface area contributed by atoms with E-state index in [0.717, 1.165) is 17.8 Å². The van der Waals surface area contributed by atoms with Crippen LogP contribution in [0.4, 0.5) is 0 Å². The van der Waals surface area contributed by atoms with E-state index in [4.69, 9.17) is 0 Å². The van der Waals surface area contributed by atoms with Crippen molar-refractivity contribution in [2.45, 2.75) is 31.7 Å². The quantitative estimate of drug-likeness (QED) is 0.910. The number of rotatable bonds is 3. The third-order valence-corrected chi connectivity index (χ3v) is 5.47. The Morgan fingerprint density at radius 3 is 2.70 bits per heavy atom. The predicted molar refractivity (Wildman–Crippen MR) is 82.5 cm³/mol. The zero-order chi connectivity index (χ0) is 13.5. The fourth-order valence-electron chi connectivity index (χ4n) is 4.52. The van der Waals surface area contributed by atoms with Crippen LogP contribution in [0.25, 0.3) is 10.8 Å². The smallest absolute Gasteiger partial charge is 0.0357 e. The highest BCUT2D eigenvalue weighted by molar-refractivity contribution is 5.85. The van der Waals surface area contributed by atoms with E-state index in [0.29, 0.717) is 6.04 Å². The van der Waals surface area contributed by atoms with Crippen LogP contribution in [0.15, 0.2) is 36.7 Å². The Kier molecular flexibility index (Phi) is 2.99. The molecule has 3 atom stereocenters. The number of fused-ring (bicyclic) bond motifs is 2. The Labute approximate surface area is 120 Å². The molecule has 1 aromatic heterocycles. The molecule has 1 heterocycles. The molecule has 2 aliphatic rings. The fourth-order valence-corrected chi connectivity index (χ4v) is 4.52. The van der Waals surface area contributed by atoms with Crippen molar-refractivity contribution < 1.29 is 0 Å². The molecule has 2 nitrogen and oxygen atoms in total. The van der Waals surface area contributed by atoms with Gasteiger partial charge in [0.25, 0.3) is 0 Å². The van der Waals surface area contributed by atoms with Gasteiger partial charge >= 0.3 is 0 Å². The lowest BCUT2D eigenvalue weighted by Crippen LogP contribution is -2.20. The molecule has 0 bridgehead atoms. The van der Waals surface area contributed by atoms with E-state index >= 15 is 0 Å². The first-order chi connectivity index (χ1) is 9.90. The Balaban J connectivity index is 1.73. The van der Waals surface area contributed by atoms with E-state index in [1.54, 1.807) is 0 Å². The normalized spacial score (nSPS) is 29.9. The molecule has 2 heteroatoms. The number of aromatic nitrogens is 1. The SMILES string of the molecule is CNC(c1cccc2cnccc12)C1C2CCCCC21. The van der Waals surface area contributed by atoms with Crippen molar-refractivity contribution in [3.8, 4) is 0 Å². The van der Waals surface area contributed by atoms with Crippen molar-refractivity contribution in [3.05, 3.63) is 42.2 Å². The molecule has 2 aliphatic carbocycles. The summed E-state index contributed by atoms with van der Waals surface area (Å²) in [5, 5.41) is 6.23. The van der Waals surface area contributed by atoms with E-state index in [1.807, 2.05) is 12.4 Å². The van der Waals surface area contributed by atoms with Gasteiger partial charge in [0.1, 0.15) is 0 Å². The van der Waals surface area contributed by atoms with Gasteiger partial charge in [0.2, 0.25) is 0 Å². The molecule has 2 aromatic rings. The zero-order valence-corrected chi connectivity index (χ0v) is 12.0. The lowest BCUT2D eigenvalue weighted by molar-refractivity contribution is 0.480. The van der Waals surface area contributed by atoms with Crippen LogP contribution < -0.4 is 5.32 Å². The van der Waals surface area contributed by atoms with Gasteiger partial charge in [-0.15, -0.1) is 0 Å². The molecule has 2 fully saturated rings. The van der Waals surface area contributed by atoms with Crippen LogP contribution in [-0.4, -0.2) is 12.0 Å². The second-order valence-electron chi connectivity index (χ2n) is 6.40. The summed E-state index contributed by atoms with van der Waals surface area (Å²) < 4.78 is 0. The zero-order valence-electron chi connectivity index (χ0n) is 12.0. The molecule has 1 aromatic carbocycles. The summed E-state index contributed by atoms with van der Waals surface area (Å²) in [5.74, 6) is 2.79. The van der Waals surface area contributed by atoms with Gasteiger partial charge in [0, 0.05) is 23.8 Å². The summed E-state index contributed by atoms with van der Waals surface area (Å²) in [5.41, 5.74) is 1.46. The summed E-state index contributed by atoms with van der Waals surface area (Å²) in [6.45, 7) is 0. The van der Waals surface area contributed by atoms with Gasteiger partial charge < -0.3 is 5.32 Å². The van der Waals surface area contributed by atoms with Gasteiger partial charge in [-0.25, -0.2) is 0 Å². The molecule has 3 unspecified atom stereocenters. The molecule has 0 spiro atoms. The first-order valence-corrected chi connectivity index (χ1v) is 7.90. The number of pyridine rings is 1. The van der Waals surface area contributed by atoms with Crippen LogP contribution >= 0.6 is 0 Å². The molecule has 0 saturated heterocycles. The third-order valence-electron chi connectivity index (χ3n) is 5.47. The second kappa shape index (κ2) is 4.85. The molecule has 4 rings (SSSR count). The molecule has 0 radical (unpaired) electrons. The van der Waals surface area contributed by atoms with Crippen LogP contribution in [-0.2, 0) is 0 Å². The Hall–Kier alpha value is -1.41. The van der Waals surface area contributed by atoms with Crippen molar-refractivity contribution in [2.75, 3.05) is 7.05 Å². The average molecular weight is 266 g/mol. The van der Waals surface area contributed by atoms with Crippen molar-refractivity contribution >= 4 is 10.8 Å². The number of hydrogen-bond acceptors (Lipinski definition) is 2. The van der Waals surface area contributed by atoms with Gasteiger partial charge in [-0.1, -0.05) is 31.0 Å². The number of hydrogen-bond donors (Lipinski definition) is 1. The molecule has 1 N–H and O–H groups in total. The van der Waals surface area contributed by atoms with Crippen LogP contribution in [0.1, 0.15) is 37.3 Å². The minimum Gasteiger partial charge on any atom is -0.313 e. The van der Waals surface area contributed by atoms with E-state index in [2.05, 4.69) is 41.6 Å². The molecule has 2 saturated carbocycles. The minimum atomic E-state index is 0.509. The van der Waals surface area contributed by atoms with Crippen molar-refractivity contribution in [1.82, 2.24) is 10.3 Å². The summed E-state index contributed by atoms with van der Waals surface area (Å²) >= 11 is 0. The highest BCUT2D eigenvalue weighted by Gasteiger charge is 2.54. The van der Waals surface area contributed by atoms with Gasteiger partial charge in [-0.3, -0.25) is 4.98 Å². The van der Waals surface area contributed by atoms with E-state index in [9.17, 15) is 0 Å². The number of benzene rings is 1. The van der Waals surface area contributed by atoms with Crippen molar-refractivity contribution in [1.29, 1.82) is 0 Å². The summed E-state index contributed by atoms with van der Waals surface area (Å²) in [4.78, 5) is 4.25. The van der Waals surface area contributed by atoms with E-state index in [-0.39, 0.29) is 0 Å². The maximum atomic E-state index is 4.25. The van der Waals surface area contributed by atoms with Crippen molar-refractivity contribution in [3.63, 3.8) is 0 Å². The van der Waals surface area contributed by atoms with Crippen LogP contribution in [0, 0.1) is 17.8 Å². The average Bonchev–Trinajstić information content (AvgIpc) is 3.23. The number of nitrogens with zero attached hydrogens (tertiary/aromatic N) is 1. The standard InChI is InChI=1S/C18H22N2/c1-19-18(17-14-6-2-3-7-15(14)17)16-8-4-5-12-11-20-10-9-13(12)16/h4-5,8-11,14-15,17-19H,2-3,6-7H2,1H3. The molecule has 104 valence electrons. The lowest BCUT2D eigenvalue weighted by atomic mass is 9.95. The van der Waals surface area contributed by atoms with Crippen LogP contribution in [0.5, 0.6) is 0 Å². The second-order valence-corrected chi connectivity index (χ2v) is 6.40. The lowest BCUT2D eigenvalue weighted by Gasteiger charge is -2.19. The molecule has 0 amide bonds. The summed E-state index contributed by atoms with van der Waals surface area (Å²) in [6.07, 6.45) is 9.66. The minimum absolute atomic E-state index is 0.509. The maximum Gasteiger partial charge on any atom is 0.0357 e. The van der Waals surface area contributed by atoms with Crippen LogP contribution in [0.2, 0.25) is 0 Å². The molecular weight excluding hydrogens is 244 g/mol. The largest absolute Gasteiger partial charge is 0.313 e. The predicted octanol–water partition coefficient (Wildman–Crippen LogP) is 3.93. The number of nitrogens with one attached hydrogen (secondary N) is 1. The van der Waals surface area contributed by atoms with Gasteiger partial charge in [0.15, 0.2) is 0 Å².